The molecule has 0 unspecified atom stereocenters. The predicted molar refractivity (Wildman–Crippen MR) is 145 cm³/mol. The molecule has 0 bridgehead atoms. The Bertz CT molecular complexity index is 1300. The minimum atomic E-state index is -0.144. The highest BCUT2D eigenvalue weighted by molar-refractivity contribution is 7.17. The average molecular weight is 518 g/mol. The van der Waals surface area contributed by atoms with Gasteiger partial charge in [-0.25, -0.2) is 9.97 Å². The maximum Gasteiger partial charge on any atom is 0.261 e. The zero-order chi connectivity index (χ0) is 25.5. The fraction of sp³-hybridized carbons (Fsp3) is 0.321. The number of nitrogens with zero attached hydrogens (tertiary/aromatic N) is 3. The highest BCUT2D eigenvalue weighted by Gasteiger charge is 2.19. The Morgan fingerprint density at radius 1 is 1.14 bits per heavy atom. The Morgan fingerprint density at radius 2 is 2.03 bits per heavy atom. The van der Waals surface area contributed by atoms with Crippen LogP contribution < -0.4 is 10.6 Å². The first-order valence-corrected chi connectivity index (χ1v) is 13.4. The van der Waals surface area contributed by atoms with Gasteiger partial charge in [-0.3, -0.25) is 9.69 Å². The molecule has 3 aromatic heterocycles. The van der Waals surface area contributed by atoms with E-state index in [1.807, 2.05) is 36.4 Å². The minimum absolute atomic E-state index is 0.144. The number of hydrogen-bond donors (Lipinski definition) is 3. The Balaban J connectivity index is 1.19. The van der Waals surface area contributed by atoms with Crippen LogP contribution in [-0.4, -0.2) is 45.6 Å². The SMILES string of the molecule is O=C(NCc1ccco1)c1ccc(-c2ccnc(Nc3cccc(CN4CCC(CCO)CC4)c3)n2)s1. The molecular weight excluding hydrogens is 486 g/mol. The monoisotopic (exact) mass is 517 g/mol. The number of aromatic nitrogens is 2. The molecule has 1 saturated heterocycles. The third-order valence-electron chi connectivity index (χ3n) is 6.57. The molecule has 0 spiro atoms. The number of benzene rings is 1. The van der Waals surface area contributed by atoms with E-state index in [1.165, 1.54) is 16.9 Å². The third kappa shape index (κ3) is 6.82. The standard InChI is InChI=1S/C28H31N5O3S/c34-15-11-20-9-13-33(14-10-20)19-21-3-1-4-22(17-21)31-28-29-12-8-24(32-28)25-6-7-26(37-25)27(35)30-18-23-5-2-16-36-23/h1-8,12,16-17,20,34H,9-11,13-15,18-19H2,(H,30,35)(H,29,31,32). The molecule has 0 radical (unpaired) electrons. The van der Waals surface area contributed by atoms with Crippen molar-refractivity contribution in [3.63, 3.8) is 0 Å². The topological polar surface area (TPSA) is 104 Å². The lowest BCUT2D eigenvalue weighted by Crippen LogP contribution is -2.33. The van der Waals surface area contributed by atoms with E-state index in [4.69, 9.17) is 4.42 Å². The van der Waals surface area contributed by atoms with E-state index in [-0.39, 0.29) is 12.5 Å². The molecule has 0 saturated carbocycles. The normalized spacial score (nSPS) is 14.5. The summed E-state index contributed by atoms with van der Waals surface area (Å²) in [5, 5.41) is 15.4. The largest absolute Gasteiger partial charge is 0.467 e. The fourth-order valence-electron chi connectivity index (χ4n) is 4.57. The van der Waals surface area contributed by atoms with E-state index < -0.39 is 0 Å². The van der Waals surface area contributed by atoms with Crippen molar-refractivity contribution < 1.29 is 14.3 Å². The van der Waals surface area contributed by atoms with Crippen molar-refractivity contribution in [3.05, 3.63) is 83.3 Å². The Kier molecular flexibility index (Phi) is 8.25. The van der Waals surface area contributed by atoms with Gasteiger partial charge in [-0.05, 0) is 86.3 Å². The van der Waals surface area contributed by atoms with E-state index >= 15 is 0 Å². The highest BCUT2D eigenvalue weighted by Crippen LogP contribution is 2.28. The summed E-state index contributed by atoms with van der Waals surface area (Å²) in [5.41, 5.74) is 2.94. The first kappa shape index (κ1) is 25.1. The molecule has 4 aromatic rings. The van der Waals surface area contributed by atoms with Crippen LogP contribution in [0.3, 0.4) is 0 Å². The van der Waals surface area contributed by atoms with Gasteiger partial charge in [0.15, 0.2) is 0 Å². The smallest absolute Gasteiger partial charge is 0.261 e. The van der Waals surface area contributed by atoms with Crippen molar-refractivity contribution in [2.45, 2.75) is 32.4 Å². The van der Waals surface area contributed by atoms with Crippen molar-refractivity contribution in [2.75, 3.05) is 25.0 Å². The summed E-state index contributed by atoms with van der Waals surface area (Å²) < 4.78 is 5.27. The van der Waals surface area contributed by atoms with Crippen LogP contribution in [0.5, 0.6) is 0 Å². The number of amides is 1. The van der Waals surface area contributed by atoms with Crippen LogP contribution in [0, 0.1) is 5.92 Å². The minimum Gasteiger partial charge on any atom is -0.467 e. The molecule has 3 N–H and O–H groups in total. The number of rotatable bonds is 10. The Hall–Kier alpha value is -3.53. The van der Waals surface area contributed by atoms with Crippen LogP contribution in [0.4, 0.5) is 11.6 Å². The first-order valence-electron chi connectivity index (χ1n) is 12.6. The van der Waals surface area contributed by atoms with Crippen LogP contribution in [0.2, 0.25) is 0 Å². The van der Waals surface area contributed by atoms with Crippen molar-refractivity contribution in [2.24, 2.45) is 5.92 Å². The zero-order valence-electron chi connectivity index (χ0n) is 20.6. The van der Waals surface area contributed by atoms with Gasteiger partial charge in [-0.15, -0.1) is 11.3 Å². The zero-order valence-corrected chi connectivity index (χ0v) is 21.4. The lowest BCUT2D eigenvalue weighted by molar-refractivity contribution is 0.0952. The number of thiophene rings is 1. The molecular formula is C28H31N5O3S. The number of piperidine rings is 1. The van der Waals surface area contributed by atoms with E-state index in [0.29, 0.717) is 29.0 Å². The molecule has 1 amide bonds. The number of anilines is 2. The lowest BCUT2D eigenvalue weighted by Gasteiger charge is -2.31. The van der Waals surface area contributed by atoms with Gasteiger partial charge < -0.3 is 20.2 Å². The number of aliphatic hydroxyl groups is 1. The fourth-order valence-corrected chi connectivity index (χ4v) is 5.46. The molecule has 1 fully saturated rings. The lowest BCUT2D eigenvalue weighted by atomic mass is 9.94. The van der Waals surface area contributed by atoms with E-state index in [2.05, 4.69) is 37.6 Å². The summed E-state index contributed by atoms with van der Waals surface area (Å²) in [6.07, 6.45) is 6.52. The molecule has 192 valence electrons. The van der Waals surface area contributed by atoms with Gasteiger partial charge in [0, 0.05) is 25.0 Å². The predicted octanol–water partition coefficient (Wildman–Crippen LogP) is 5.07. The Morgan fingerprint density at radius 3 is 2.84 bits per heavy atom. The summed E-state index contributed by atoms with van der Waals surface area (Å²) in [6.45, 7) is 3.68. The molecule has 1 aliphatic rings. The van der Waals surface area contributed by atoms with E-state index in [9.17, 15) is 9.90 Å². The second kappa shape index (κ2) is 12.1. The maximum atomic E-state index is 12.5. The summed E-state index contributed by atoms with van der Waals surface area (Å²) in [7, 11) is 0. The number of nitrogens with one attached hydrogen (secondary N) is 2. The third-order valence-corrected chi connectivity index (χ3v) is 7.68. The molecule has 0 aliphatic carbocycles. The molecule has 5 rings (SSSR count). The number of carbonyl (C=O) groups excluding carboxylic acids is 1. The van der Waals surface area contributed by atoms with Crippen LogP contribution >= 0.6 is 11.3 Å². The van der Waals surface area contributed by atoms with Gasteiger partial charge in [-0.2, -0.15) is 0 Å². The molecule has 0 atom stereocenters. The van der Waals surface area contributed by atoms with Gasteiger partial charge in [0.2, 0.25) is 5.95 Å². The second-order valence-electron chi connectivity index (χ2n) is 9.25. The number of hydrogen-bond acceptors (Lipinski definition) is 8. The van der Waals surface area contributed by atoms with Gasteiger partial charge in [0.1, 0.15) is 5.76 Å². The van der Waals surface area contributed by atoms with Crippen molar-refractivity contribution >= 4 is 28.9 Å². The van der Waals surface area contributed by atoms with Gasteiger partial charge in [-0.1, -0.05) is 12.1 Å². The highest BCUT2D eigenvalue weighted by atomic mass is 32.1. The molecule has 37 heavy (non-hydrogen) atoms. The molecule has 4 heterocycles. The number of furan rings is 1. The summed E-state index contributed by atoms with van der Waals surface area (Å²) in [4.78, 5) is 25.6. The number of aliphatic hydroxyl groups excluding tert-OH is 1. The van der Waals surface area contributed by atoms with Crippen LogP contribution in [-0.2, 0) is 13.1 Å². The summed E-state index contributed by atoms with van der Waals surface area (Å²) in [6, 6.07) is 17.5. The molecule has 8 nitrogen and oxygen atoms in total. The van der Waals surface area contributed by atoms with Crippen LogP contribution in [0.15, 0.2) is 71.5 Å². The molecule has 9 heteroatoms. The van der Waals surface area contributed by atoms with Crippen molar-refractivity contribution in [1.82, 2.24) is 20.2 Å². The second-order valence-corrected chi connectivity index (χ2v) is 10.3. The molecule has 1 aromatic carbocycles. The van der Waals surface area contributed by atoms with Crippen LogP contribution in [0.25, 0.3) is 10.6 Å². The first-order chi connectivity index (χ1) is 18.2. The van der Waals surface area contributed by atoms with Gasteiger partial charge >= 0.3 is 0 Å². The van der Waals surface area contributed by atoms with E-state index in [1.54, 1.807) is 18.5 Å². The van der Waals surface area contributed by atoms with Gasteiger partial charge in [0.05, 0.1) is 28.3 Å². The van der Waals surface area contributed by atoms with Crippen LogP contribution in [0.1, 0.15) is 40.3 Å². The number of carbonyl (C=O) groups is 1. The molecule has 1 aliphatic heterocycles. The summed E-state index contributed by atoms with van der Waals surface area (Å²) in [5.74, 6) is 1.73. The Labute approximate surface area is 220 Å². The maximum absolute atomic E-state index is 12.5. The van der Waals surface area contributed by atoms with Crippen molar-refractivity contribution in [3.8, 4) is 10.6 Å². The van der Waals surface area contributed by atoms with E-state index in [0.717, 1.165) is 55.2 Å². The van der Waals surface area contributed by atoms with Gasteiger partial charge in [0.25, 0.3) is 5.91 Å². The number of likely N-dealkylation sites (tertiary alicyclic amines) is 1. The quantitative estimate of drug-likeness (QED) is 0.270. The average Bonchev–Trinajstić information content (AvgIpc) is 3.62. The summed E-state index contributed by atoms with van der Waals surface area (Å²) >= 11 is 1.39. The van der Waals surface area contributed by atoms with Crippen molar-refractivity contribution in [1.29, 1.82) is 0 Å².